The molecule has 0 bridgehead atoms. The number of ether oxygens (including phenoxy) is 1. The Labute approximate surface area is 95.3 Å². The van der Waals surface area contributed by atoms with E-state index in [1.54, 1.807) is 0 Å². The largest absolute Gasteiger partial charge is 0.444 e. The summed E-state index contributed by atoms with van der Waals surface area (Å²) in [6.07, 6.45) is 0.556. The highest BCUT2D eigenvalue weighted by molar-refractivity contribution is 7.99. The number of hydrogen-bond acceptors (Lipinski definition) is 4. The van der Waals surface area contributed by atoms with Gasteiger partial charge in [-0.1, -0.05) is 0 Å². The van der Waals surface area contributed by atoms with E-state index in [1.807, 2.05) is 32.5 Å². The van der Waals surface area contributed by atoms with Crippen molar-refractivity contribution in [1.29, 1.82) is 0 Å². The van der Waals surface area contributed by atoms with E-state index in [-0.39, 0.29) is 18.2 Å². The van der Waals surface area contributed by atoms with Gasteiger partial charge in [-0.3, -0.25) is 0 Å². The summed E-state index contributed by atoms with van der Waals surface area (Å²) in [7, 11) is 0. The average Bonchev–Trinajstić information content (AvgIpc) is 2.05. The Kier molecular flexibility index (Phi) is 4.28. The van der Waals surface area contributed by atoms with Gasteiger partial charge in [0.15, 0.2) is 0 Å². The number of alkyl carbamates (subject to hydrolysis) is 1. The molecule has 88 valence electrons. The number of amides is 1. The maximum absolute atomic E-state index is 11.5. The van der Waals surface area contributed by atoms with Crippen LogP contribution in [0.5, 0.6) is 0 Å². The topological polar surface area (TPSA) is 64.3 Å². The molecule has 1 fully saturated rings. The van der Waals surface area contributed by atoms with E-state index in [0.29, 0.717) is 0 Å². The van der Waals surface area contributed by atoms with Crippen LogP contribution >= 0.6 is 11.8 Å². The zero-order valence-electron chi connectivity index (χ0n) is 9.58. The number of nitrogens with one attached hydrogen (secondary N) is 1. The van der Waals surface area contributed by atoms with Gasteiger partial charge in [0.05, 0.1) is 0 Å². The minimum Gasteiger partial charge on any atom is -0.444 e. The van der Waals surface area contributed by atoms with Crippen LogP contribution in [0.15, 0.2) is 0 Å². The van der Waals surface area contributed by atoms with Crippen LogP contribution in [0.4, 0.5) is 4.79 Å². The predicted molar refractivity (Wildman–Crippen MR) is 63.1 cm³/mol. The number of carbonyl (C=O) groups excluding carboxylic acids is 1. The number of carbonyl (C=O) groups is 1. The summed E-state index contributed by atoms with van der Waals surface area (Å²) in [6.45, 7) is 5.55. The molecule has 0 aliphatic carbocycles. The molecule has 0 saturated carbocycles. The Morgan fingerprint density at radius 2 is 2.20 bits per heavy atom. The third kappa shape index (κ3) is 4.75. The highest BCUT2D eigenvalue weighted by Crippen LogP contribution is 2.17. The quantitative estimate of drug-likeness (QED) is 0.716. The van der Waals surface area contributed by atoms with Crippen molar-refractivity contribution in [2.24, 2.45) is 5.73 Å². The highest BCUT2D eigenvalue weighted by Gasteiger charge is 2.25. The van der Waals surface area contributed by atoms with Gasteiger partial charge in [0.25, 0.3) is 0 Å². The van der Waals surface area contributed by atoms with Gasteiger partial charge in [0, 0.05) is 17.8 Å². The summed E-state index contributed by atoms with van der Waals surface area (Å²) in [4.78, 5) is 11.5. The molecule has 3 N–H and O–H groups in total. The van der Waals surface area contributed by atoms with E-state index in [2.05, 4.69) is 5.32 Å². The molecule has 0 spiro atoms. The summed E-state index contributed by atoms with van der Waals surface area (Å²) < 4.78 is 5.18. The molecule has 1 rings (SSSR count). The van der Waals surface area contributed by atoms with E-state index >= 15 is 0 Å². The fourth-order valence-electron chi connectivity index (χ4n) is 1.40. The third-order valence-corrected chi connectivity index (χ3v) is 3.25. The molecule has 15 heavy (non-hydrogen) atoms. The van der Waals surface area contributed by atoms with Gasteiger partial charge in [-0.2, -0.15) is 11.8 Å². The first-order chi connectivity index (χ1) is 6.88. The van der Waals surface area contributed by atoms with Gasteiger partial charge in [-0.25, -0.2) is 4.79 Å². The average molecular weight is 232 g/mol. The molecule has 0 aromatic heterocycles. The summed E-state index contributed by atoms with van der Waals surface area (Å²) in [6, 6.07) is 0.0948. The van der Waals surface area contributed by atoms with Crippen molar-refractivity contribution >= 4 is 17.9 Å². The molecule has 0 aromatic carbocycles. The first-order valence-electron chi connectivity index (χ1n) is 5.21. The minimum absolute atomic E-state index is 0.0382. The van der Waals surface area contributed by atoms with Gasteiger partial charge in [-0.05, 0) is 32.9 Å². The molecular weight excluding hydrogens is 212 g/mol. The van der Waals surface area contributed by atoms with E-state index in [0.717, 1.165) is 17.9 Å². The lowest BCUT2D eigenvalue weighted by molar-refractivity contribution is 0.0496. The lowest BCUT2D eigenvalue weighted by atomic mass is 10.1. The van der Waals surface area contributed by atoms with Gasteiger partial charge in [-0.15, -0.1) is 0 Å². The van der Waals surface area contributed by atoms with Crippen LogP contribution in [0.25, 0.3) is 0 Å². The fraction of sp³-hybridized carbons (Fsp3) is 0.900. The molecule has 0 radical (unpaired) electrons. The van der Waals surface area contributed by atoms with E-state index in [9.17, 15) is 4.79 Å². The van der Waals surface area contributed by atoms with Crippen molar-refractivity contribution < 1.29 is 9.53 Å². The fourth-order valence-corrected chi connectivity index (χ4v) is 2.49. The van der Waals surface area contributed by atoms with Crippen molar-refractivity contribution in [3.63, 3.8) is 0 Å². The minimum atomic E-state index is -0.447. The lowest BCUT2D eigenvalue weighted by Gasteiger charge is -2.30. The van der Waals surface area contributed by atoms with Crippen LogP contribution < -0.4 is 11.1 Å². The molecule has 5 heteroatoms. The summed E-state index contributed by atoms with van der Waals surface area (Å²) in [5.74, 6) is 1.95. The second kappa shape index (κ2) is 5.07. The van der Waals surface area contributed by atoms with Crippen molar-refractivity contribution in [3.8, 4) is 0 Å². The molecule has 4 nitrogen and oxygen atoms in total. The number of nitrogens with two attached hydrogens (primary N) is 1. The molecule has 1 saturated heterocycles. The maximum atomic E-state index is 11.5. The van der Waals surface area contributed by atoms with Crippen LogP contribution in [-0.2, 0) is 4.74 Å². The first kappa shape index (κ1) is 12.6. The lowest BCUT2D eigenvalue weighted by Crippen LogP contribution is -2.52. The Bertz CT molecular complexity index is 228. The Morgan fingerprint density at radius 1 is 1.53 bits per heavy atom. The molecular formula is C10H20N2O2S. The smallest absolute Gasteiger partial charge is 0.407 e. The molecule has 2 atom stereocenters. The van der Waals surface area contributed by atoms with Gasteiger partial charge in [0.1, 0.15) is 5.60 Å². The van der Waals surface area contributed by atoms with E-state index < -0.39 is 5.60 Å². The monoisotopic (exact) mass is 232 g/mol. The van der Waals surface area contributed by atoms with Crippen LogP contribution in [0.2, 0.25) is 0 Å². The van der Waals surface area contributed by atoms with Crippen LogP contribution in [0.1, 0.15) is 27.2 Å². The molecule has 1 amide bonds. The van der Waals surface area contributed by atoms with Crippen LogP contribution in [-0.4, -0.2) is 35.3 Å². The first-order valence-corrected chi connectivity index (χ1v) is 6.37. The van der Waals surface area contributed by atoms with Crippen molar-refractivity contribution in [2.75, 3.05) is 11.5 Å². The second-order valence-electron chi connectivity index (χ2n) is 4.78. The predicted octanol–water partition coefficient (Wildman–Crippen LogP) is 1.34. The van der Waals surface area contributed by atoms with Gasteiger partial charge in [0.2, 0.25) is 0 Å². The molecule has 1 aliphatic rings. The van der Waals surface area contributed by atoms with E-state index in [4.69, 9.17) is 10.5 Å². The Morgan fingerprint density at radius 3 is 2.73 bits per heavy atom. The van der Waals surface area contributed by atoms with Gasteiger partial charge < -0.3 is 15.8 Å². The molecule has 0 aromatic rings. The Balaban J connectivity index is 2.36. The van der Waals surface area contributed by atoms with Crippen LogP contribution in [0.3, 0.4) is 0 Å². The van der Waals surface area contributed by atoms with Crippen LogP contribution in [0, 0.1) is 0 Å². The van der Waals surface area contributed by atoms with Crippen molar-refractivity contribution in [3.05, 3.63) is 0 Å². The molecule has 1 heterocycles. The maximum Gasteiger partial charge on any atom is 0.407 e. The zero-order valence-corrected chi connectivity index (χ0v) is 10.4. The summed E-state index contributed by atoms with van der Waals surface area (Å²) in [5.41, 5.74) is 5.45. The molecule has 1 aliphatic heterocycles. The SMILES string of the molecule is CC(C)(C)OC(=O)N[C@@H]1CCSC[C@@H]1N. The van der Waals surface area contributed by atoms with Gasteiger partial charge >= 0.3 is 6.09 Å². The molecule has 0 unspecified atom stereocenters. The van der Waals surface area contributed by atoms with Crippen molar-refractivity contribution in [1.82, 2.24) is 5.32 Å². The normalized spacial score (nSPS) is 27.2. The number of thioether (sulfide) groups is 1. The standard InChI is InChI=1S/C10H20N2O2S/c1-10(2,3)14-9(13)12-8-4-5-15-6-7(8)11/h7-8H,4-6,11H2,1-3H3,(H,12,13)/t7-,8+/m0/s1. The summed E-state index contributed by atoms with van der Waals surface area (Å²) >= 11 is 1.83. The number of hydrogen-bond donors (Lipinski definition) is 2. The zero-order chi connectivity index (χ0) is 11.5. The van der Waals surface area contributed by atoms with E-state index in [1.165, 1.54) is 0 Å². The summed E-state index contributed by atoms with van der Waals surface area (Å²) in [5, 5.41) is 2.83. The second-order valence-corrected chi connectivity index (χ2v) is 5.93. The number of rotatable bonds is 1. The Hall–Kier alpha value is -0.420. The van der Waals surface area contributed by atoms with Crippen molar-refractivity contribution in [2.45, 2.75) is 44.9 Å². The highest BCUT2D eigenvalue weighted by atomic mass is 32.2. The third-order valence-electron chi connectivity index (χ3n) is 2.10.